The molecule has 4 rings (SSSR count). The summed E-state index contributed by atoms with van der Waals surface area (Å²) in [5, 5.41) is 3.05. The second kappa shape index (κ2) is 9.10. The molecule has 0 radical (unpaired) electrons. The SMILES string of the molecule is CC(C)(Oc1ccc(F)cc1S(C)(=O)=O)C(=O)NC1C[C@H]2CC[C@@H](C1)N2c1ccc(C(N)=O)cn1. The second-order valence-corrected chi connectivity index (χ2v) is 11.7. The maximum absolute atomic E-state index is 13.6. The minimum atomic E-state index is -3.76. The summed E-state index contributed by atoms with van der Waals surface area (Å²) in [6.45, 7) is 3.09. The van der Waals surface area contributed by atoms with Crippen molar-refractivity contribution in [3.05, 3.63) is 47.9 Å². The van der Waals surface area contributed by atoms with E-state index in [1.807, 2.05) is 0 Å². The lowest BCUT2D eigenvalue weighted by atomic mass is 9.96. The molecule has 11 heteroatoms. The number of rotatable bonds is 7. The quantitative estimate of drug-likeness (QED) is 0.591. The number of nitrogens with zero attached hydrogens (tertiary/aromatic N) is 2. The zero-order chi connectivity index (χ0) is 25.5. The standard InChI is InChI=1S/C24H29FN4O5S/c1-24(2,34-19-8-5-15(25)10-20(19)35(3,32)33)23(31)28-16-11-17-6-7-18(12-16)29(17)21-9-4-14(13-27-21)22(26)30/h4-5,8-10,13,16-18H,6-7,11-12H2,1-3H3,(H2,26,30)(H,28,31)/t16?,17-,18+. The van der Waals surface area contributed by atoms with Gasteiger partial charge in [-0.1, -0.05) is 0 Å². The Morgan fingerprint density at radius 2 is 1.83 bits per heavy atom. The predicted molar refractivity (Wildman–Crippen MR) is 127 cm³/mol. The average molecular weight is 505 g/mol. The van der Waals surface area contributed by atoms with Crippen LogP contribution in [-0.2, 0) is 14.6 Å². The molecular weight excluding hydrogens is 475 g/mol. The Morgan fingerprint density at radius 3 is 2.37 bits per heavy atom. The summed E-state index contributed by atoms with van der Waals surface area (Å²) in [7, 11) is -3.76. The highest BCUT2D eigenvalue weighted by Crippen LogP contribution is 2.39. The van der Waals surface area contributed by atoms with Crippen molar-refractivity contribution in [2.24, 2.45) is 5.73 Å². The largest absolute Gasteiger partial charge is 0.477 e. The minimum Gasteiger partial charge on any atom is -0.477 e. The van der Waals surface area contributed by atoms with Crippen molar-refractivity contribution < 1.29 is 27.1 Å². The molecule has 2 aromatic rings. The minimum absolute atomic E-state index is 0.0746. The van der Waals surface area contributed by atoms with Gasteiger partial charge in [-0.3, -0.25) is 9.59 Å². The molecule has 3 N–H and O–H groups in total. The number of carbonyl (C=O) groups is 2. The van der Waals surface area contributed by atoms with Gasteiger partial charge in [0.15, 0.2) is 15.4 Å². The summed E-state index contributed by atoms with van der Waals surface area (Å²) in [6.07, 6.45) is 5.78. The molecule has 2 saturated heterocycles. The fraction of sp³-hybridized carbons (Fsp3) is 0.458. The van der Waals surface area contributed by atoms with Crippen LogP contribution in [0.1, 0.15) is 49.9 Å². The van der Waals surface area contributed by atoms with Crippen LogP contribution in [0.5, 0.6) is 5.75 Å². The lowest BCUT2D eigenvalue weighted by Gasteiger charge is -2.40. The van der Waals surface area contributed by atoms with E-state index >= 15 is 0 Å². The van der Waals surface area contributed by atoms with Gasteiger partial charge in [-0.25, -0.2) is 17.8 Å². The highest BCUT2D eigenvalue weighted by atomic mass is 32.2. The maximum Gasteiger partial charge on any atom is 0.263 e. The summed E-state index contributed by atoms with van der Waals surface area (Å²) in [4.78, 5) is 30.8. The molecule has 1 unspecified atom stereocenters. The first kappa shape index (κ1) is 24.9. The number of primary amides is 1. The van der Waals surface area contributed by atoms with Gasteiger partial charge in [-0.15, -0.1) is 0 Å². The number of piperidine rings is 1. The van der Waals surface area contributed by atoms with Gasteiger partial charge in [0.05, 0.1) is 5.56 Å². The number of hydrogen-bond donors (Lipinski definition) is 2. The molecule has 2 aliphatic heterocycles. The Morgan fingerprint density at radius 1 is 1.17 bits per heavy atom. The van der Waals surface area contributed by atoms with Crippen LogP contribution >= 0.6 is 0 Å². The monoisotopic (exact) mass is 504 g/mol. The van der Waals surface area contributed by atoms with Crippen LogP contribution in [0.3, 0.4) is 0 Å². The number of aromatic nitrogens is 1. The topological polar surface area (TPSA) is 132 Å². The molecule has 3 atom stereocenters. The van der Waals surface area contributed by atoms with E-state index < -0.39 is 27.2 Å². The number of benzene rings is 1. The summed E-state index contributed by atoms with van der Waals surface area (Å²) in [5.74, 6) is -0.915. The molecule has 2 bridgehead atoms. The number of fused-ring (bicyclic) bond motifs is 2. The number of carbonyl (C=O) groups excluding carboxylic acids is 2. The van der Waals surface area contributed by atoms with Gasteiger partial charge < -0.3 is 20.7 Å². The van der Waals surface area contributed by atoms with Gasteiger partial charge in [0, 0.05) is 30.6 Å². The molecule has 2 fully saturated rings. The van der Waals surface area contributed by atoms with Crippen LogP contribution in [0, 0.1) is 5.82 Å². The van der Waals surface area contributed by atoms with E-state index in [0.29, 0.717) is 18.4 Å². The molecule has 9 nitrogen and oxygen atoms in total. The van der Waals surface area contributed by atoms with Gasteiger partial charge >= 0.3 is 0 Å². The number of hydrogen-bond acceptors (Lipinski definition) is 7. The van der Waals surface area contributed by atoms with Crippen molar-refractivity contribution in [2.75, 3.05) is 11.2 Å². The zero-order valence-corrected chi connectivity index (χ0v) is 20.6. The molecule has 1 aromatic heterocycles. The summed E-state index contributed by atoms with van der Waals surface area (Å²) >= 11 is 0. The first-order valence-electron chi connectivity index (χ1n) is 11.4. The number of sulfone groups is 1. The first-order chi connectivity index (χ1) is 16.3. The Bertz CT molecular complexity index is 1240. The van der Waals surface area contributed by atoms with Crippen molar-refractivity contribution in [3.63, 3.8) is 0 Å². The van der Waals surface area contributed by atoms with Crippen molar-refractivity contribution in [3.8, 4) is 5.75 Å². The third-order valence-corrected chi connectivity index (χ3v) is 7.70. The van der Waals surface area contributed by atoms with Gasteiger partial charge in [0.1, 0.15) is 22.3 Å². The summed E-state index contributed by atoms with van der Waals surface area (Å²) < 4.78 is 43.6. The molecule has 0 saturated carbocycles. The van der Waals surface area contributed by atoms with E-state index in [1.54, 1.807) is 26.0 Å². The van der Waals surface area contributed by atoms with Crippen molar-refractivity contribution in [1.82, 2.24) is 10.3 Å². The number of amides is 2. The van der Waals surface area contributed by atoms with Crippen molar-refractivity contribution in [2.45, 2.75) is 68.2 Å². The van der Waals surface area contributed by atoms with Crippen molar-refractivity contribution in [1.29, 1.82) is 0 Å². The molecular formula is C24H29FN4O5S. The number of halogens is 1. The molecule has 188 valence electrons. The molecule has 2 amide bonds. The van der Waals surface area contributed by atoms with Gasteiger partial charge in [0.2, 0.25) is 5.91 Å². The Hall–Kier alpha value is -3.21. The van der Waals surface area contributed by atoms with Crippen LogP contribution in [0.4, 0.5) is 10.2 Å². The summed E-state index contributed by atoms with van der Waals surface area (Å²) in [6, 6.07) is 6.93. The Balaban J connectivity index is 1.44. The van der Waals surface area contributed by atoms with E-state index in [2.05, 4.69) is 15.2 Å². The normalized spacial score (nSPS) is 22.1. The van der Waals surface area contributed by atoms with Gasteiger partial charge in [0.25, 0.3) is 5.91 Å². The number of ether oxygens (including phenoxy) is 1. The van der Waals surface area contributed by atoms with Crippen LogP contribution < -0.4 is 20.7 Å². The van der Waals surface area contributed by atoms with E-state index in [4.69, 9.17) is 10.5 Å². The van der Waals surface area contributed by atoms with Crippen LogP contribution in [0.25, 0.3) is 0 Å². The molecule has 0 aliphatic carbocycles. The van der Waals surface area contributed by atoms with Gasteiger partial charge in [-0.05, 0) is 69.9 Å². The van der Waals surface area contributed by atoms with E-state index in [0.717, 1.165) is 37.0 Å². The zero-order valence-electron chi connectivity index (χ0n) is 19.8. The number of nitrogens with two attached hydrogens (primary N) is 1. The number of anilines is 1. The smallest absolute Gasteiger partial charge is 0.263 e. The third-order valence-electron chi connectivity index (χ3n) is 6.58. The average Bonchev–Trinajstić information content (AvgIpc) is 3.04. The Kier molecular flexibility index (Phi) is 6.48. The molecule has 0 spiro atoms. The van der Waals surface area contributed by atoms with Gasteiger partial charge in [-0.2, -0.15) is 0 Å². The van der Waals surface area contributed by atoms with Crippen LogP contribution in [-0.4, -0.2) is 55.2 Å². The first-order valence-corrected chi connectivity index (χ1v) is 13.3. The van der Waals surface area contributed by atoms with Crippen LogP contribution in [0.15, 0.2) is 41.4 Å². The number of nitrogens with one attached hydrogen (secondary N) is 1. The maximum atomic E-state index is 13.6. The number of pyridine rings is 1. The molecule has 35 heavy (non-hydrogen) atoms. The lowest BCUT2D eigenvalue weighted by molar-refractivity contribution is -0.135. The molecule has 1 aromatic carbocycles. The molecule has 3 heterocycles. The van der Waals surface area contributed by atoms with E-state index in [9.17, 15) is 22.4 Å². The molecule has 2 aliphatic rings. The fourth-order valence-corrected chi connectivity index (χ4v) is 5.69. The van der Waals surface area contributed by atoms with Crippen LogP contribution in [0.2, 0.25) is 0 Å². The summed E-state index contributed by atoms with van der Waals surface area (Å²) in [5.41, 5.74) is 4.27. The van der Waals surface area contributed by atoms with E-state index in [1.165, 1.54) is 12.3 Å². The van der Waals surface area contributed by atoms with Crippen molar-refractivity contribution >= 4 is 27.5 Å². The van der Waals surface area contributed by atoms with E-state index in [-0.39, 0.29) is 34.7 Å². The highest BCUT2D eigenvalue weighted by Gasteiger charge is 2.43. The highest BCUT2D eigenvalue weighted by molar-refractivity contribution is 7.90. The third kappa shape index (κ3) is 5.24. The predicted octanol–water partition coefficient (Wildman–Crippen LogP) is 2.20. The second-order valence-electron chi connectivity index (χ2n) is 9.68. The Labute approximate surface area is 203 Å². The lowest BCUT2D eigenvalue weighted by Crippen LogP contribution is -2.55. The fourth-order valence-electron chi connectivity index (χ4n) is 4.89.